The molecule has 0 spiro atoms. The van der Waals surface area contributed by atoms with Crippen LogP contribution in [0.25, 0.3) is 10.2 Å². The van der Waals surface area contributed by atoms with E-state index >= 15 is 0 Å². The number of ether oxygens (including phenoxy) is 3. The van der Waals surface area contributed by atoms with Crippen LogP contribution in [0.4, 0.5) is 5.13 Å². The van der Waals surface area contributed by atoms with Gasteiger partial charge in [0.1, 0.15) is 32.0 Å². The standard InChI is InChI=1S/C26H34N4O6S3/c1-34-20-9-10-21(35-2)24-23(20)27-26(38-24)29(12-6-11-28-14-16-36-17-15-28)25(31)19-7-3-4-13-30(19)39(32,33)22-8-5-18-37-22/h5,8-10,18-19H,3-4,6-7,11-17H2,1-2H3. The summed E-state index contributed by atoms with van der Waals surface area (Å²) in [6, 6.07) is 6.15. The molecule has 0 bridgehead atoms. The van der Waals surface area contributed by atoms with Crippen LogP contribution in [0.2, 0.25) is 0 Å². The van der Waals surface area contributed by atoms with Gasteiger partial charge in [0.25, 0.3) is 10.0 Å². The van der Waals surface area contributed by atoms with E-state index in [1.54, 1.807) is 42.7 Å². The molecule has 13 heteroatoms. The fourth-order valence-corrected chi connectivity index (χ4v) is 8.99. The molecule has 1 atom stereocenters. The van der Waals surface area contributed by atoms with Gasteiger partial charge in [0, 0.05) is 32.7 Å². The first kappa shape index (κ1) is 28.2. The smallest absolute Gasteiger partial charge is 0.253 e. The second kappa shape index (κ2) is 12.5. The minimum absolute atomic E-state index is 0.242. The lowest BCUT2D eigenvalue weighted by molar-refractivity contribution is -0.123. The number of nitrogens with zero attached hydrogens (tertiary/aromatic N) is 4. The number of thiophene rings is 1. The van der Waals surface area contributed by atoms with Crippen LogP contribution in [0.15, 0.2) is 33.9 Å². The van der Waals surface area contributed by atoms with Gasteiger partial charge in [0.15, 0.2) is 5.13 Å². The number of sulfonamides is 1. The summed E-state index contributed by atoms with van der Waals surface area (Å²) in [6.07, 6.45) is 2.71. The Hall–Kier alpha value is -2.29. The molecule has 39 heavy (non-hydrogen) atoms. The Morgan fingerprint density at radius 2 is 1.90 bits per heavy atom. The van der Waals surface area contributed by atoms with Crippen molar-refractivity contribution in [2.24, 2.45) is 0 Å². The van der Waals surface area contributed by atoms with Gasteiger partial charge in [-0.25, -0.2) is 13.4 Å². The number of fused-ring (bicyclic) bond motifs is 1. The molecule has 2 aliphatic rings. The molecule has 4 heterocycles. The molecular formula is C26H34N4O6S3. The summed E-state index contributed by atoms with van der Waals surface area (Å²) in [7, 11) is -0.604. The third-order valence-electron chi connectivity index (χ3n) is 7.15. The normalized spacial score (nSPS) is 19.3. The third kappa shape index (κ3) is 5.93. The Morgan fingerprint density at radius 3 is 2.62 bits per heavy atom. The highest BCUT2D eigenvalue weighted by Crippen LogP contribution is 2.41. The number of carbonyl (C=O) groups excluding carboxylic acids is 1. The van der Waals surface area contributed by atoms with Gasteiger partial charge in [-0.05, 0) is 42.8 Å². The van der Waals surface area contributed by atoms with Crippen molar-refractivity contribution < 1.29 is 27.4 Å². The van der Waals surface area contributed by atoms with Crippen molar-refractivity contribution in [3.63, 3.8) is 0 Å². The van der Waals surface area contributed by atoms with Gasteiger partial charge in [-0.1, -0.05) is 23.8 Å². The number of anilines is 1. The van der Waals surface area contributed by atoms with Crippen molar-refractivity contribution in [1.29, 1.82) is 0 Å². The number of hydrogen-bond acceptors (Lipinski definition) is 10. The summed E-state index contributed by atoms with van der Waals surface area (Å²) in [6.45, 7) is 4.68. The zero-order valence-corrected chi connectivity index (χ0v) is 24.7. The lowest BCUT2D eigenvalue weighted by atomic mass is 10.0. The fourth-order valence-electron chi connectivity index (χ4n) is 5.11. The Morgan fingerprint density at radius 1 is 1.13 bits per heavy atom. The first-order valence-corrected chi connectivity index (χ1v) is 16.3. The topological polar surface area (TPSA) is 102 Å². The second-order valence-corrected chi connectivity index (χ2v) is 13.5. The average Bonchev–Trinajstić information content (AvgIpc) is 3.67. The fraction of sp³-hybridized carbons (Fsp3) is 0.538. The molecule has 2 saturated heterocycles. The molecule has 212 valence electrons. The quantitative estimate of drug-likeness (QED) is 0.351. The van der Waals surface area contributed by atoms with Crippen LogP contribution < -0.4 is 14.4 Å². The molecule has 2 aliphatic heterocycles. The molecule has 0 radical (unpaired) electrons. The number of hydrogen-bond donors (Lipinski definition) is 0. The first-order valence-electron chi connectivity index (χ1n) is 13.1. The van der Waals surface area contributed by atoms with Crippen molar-refractivity contribution in [3.8, 4) is 11.5 Å². The Bertz CT molecular complexity index is 1330. The monoisotopic (exact) mass is 594 g/mol. The van der Waals surface area contributed by atoms with Crippen LogP contribution in [0.3, 0.4) is 0 Å². The highest BCUT2D eigenvalue weighted by molar-refractivity contribution is 7.91. The summed E-state index contributed by atoms with van der Waals surface area (Å²) in [5, 5.41) is 2.26. The number of methoxy groups -OCH3 is 2. The summed E-state index contributed by atoms with van der Waals surface area (Å²) < 4.78 is 46.1. The highest BCUT2D eigenvalue weighted by Gasteiger charge is 2.41. The second-order valence-electron chi connectivity index (χ2n) is 9.50. The molecule has 1 amide bonds. The summed E-state index contributed by atoms with van der Waals surface area (Å²) >= 11 is 2.53. The van der Waals surface area contributed by atoms with E-state index in [2.05, 4.69) is 4.90 Å². The molecule has 0 saturated carbocycles. The number of aromatic nitrogens is 1. The van der Waals surface area contributed by atoms with E-state index in [1.165, 1.54) is 27.0 Å². The van der Waals surface area contributed by atoms with Crippen molar-refractivity contribution in [2.45, 2.75) is 35.9 Å². The van der Waals surface area contributed by atoms with E-state index in [4.69, 9.17) is 19.2 Å². The number of piperidine rings is 1. The van der Waals surface area contributed by atoms with E-state index < -0.39 is 16.1 Å². The number of carbonyl (C=O) groups is 1. The maximum atomic E-state index is 14.3. The van der Waals surface area contributed by atoms with Crippen LogP contribution >= 0.6 is 22.7 Å². The molecule has 1 aromatic carbocycles. The van der Waals surface area contributed by atoms with Gasteiger partial charge in [0.05, 0.1) is 27.4 Å². The lowest BCUT2D eigenvalue weighted by Gasteiger charge is -2.36. The molecule has 10 nitrogen and oxygen atoms in total. The molecule has 3 aromatic rings. The Labute approximate surface area is 237 Å². The maximum Gasteiger partial charge on any atom is 0.253 e. The van der Waals surface area contributed by atoms with Crippen molar-refractivity contribution in [3.05, 3.63) is 29.6 Å². The zero-order chi connectivity index (χ0) is 27.4. The minimum atomic E-state index is -3.79. The van der Waals surface area contributed by atoms with Crippen molar-refractivity contribution in [2.75, 3.05) is 65.1 Å². The minimum Gasteiger partial charge on any atom is -0.495 e. The molecule has 1 unspecified atom stereocenters. The molecule has 2 aromatic heterocycles. The Kier molecular flexibility index (Phi) is 9.04. The lowest BCUT2D eigenvalue weighted by Crippen LogP contribution is -2.53. The summed E-state index contributed by atoms with van der Waals surface area (Å²) in [5.74, 6) is 0.997. The van der Waals surface area contributed by atoms with Crippen LogP contribution in [0.5, 0.6) is 11.5 Å². The Balaban J connectivity index is 1.48. The molecule has 2 fully saturated rings. The van der Waals surface area contributed by atoms with Crippen LogP contribution in [-0.4, -0.2) is 94.7 Å². The molecule has 0 N–H and O–H groups in total. The number of thiazole rings is 1. The van der Waals surface area contributed by atoms with Crippen LogP contribution in [0.1, 0.15) is 25.7 Å². The van der Waals surface area contributed by atoms with Gasteiger partial charge in [-0.2, -0.15) is 4.31 Å². The van der Waals surface area contributed by atoms with E-state index in [1.807, 2.05) is 6.07 Å². The predicted molar refractivity (Wildman–Crippen MR) is 153 cm³/mol. The van der Waals surface area contributed by atoms with Gasteiger partial charge >= 0.3 is 0 Å². The largest absolute Gasteiger partial charge is 0.495 e. The average molecular weight is 595 g/mol. The molecular weight excluding hydrogens is 561 g/mol. The van der Waals surface area contributed by atoms with Gasteiger partial charge in [0.2, 0.25) is 5.91 Å². The van der Waals surface area contributed by atoms with E-state index in [-0.39, 0.29) is 10.1 Å². The molecule has 0 aliphatic carbocycles. The maximum absolute atomic E-state index is 14.3. The van der Waals surface area contributed by atoms with Crippen LogP contribution in [-0.2, 0) is 19.6 Å². The van der Waals surface area contributed by atoms with E-state index in [0.29, 0.717) is 54.9 Å². The van der Waals surface area contributed by atoms with Crippen LogP contribution in [0, 0.1) is 0 Å². The first-order chi connectivity index (χ1) is 18.9. The van der Waals surface area contributed by atoms with Crippen molar-refractivity contribution in [1.82, 2.24) is 14.2 Å². The van der Waals surface area contributed by atoms with Gasteiger partial charge < -0.3 is 14.2 Å². The number of amides is 1. The highest BCUT2D eigenvalue weighted by atomic mass is 32.2. The van der Waals surface area contributed by atoms with E-state index in [0.717, 1.165) is 43.6 Å². The van der Waals surface area contributed by atoms with Gasteiger partial charge in [-0.15, -0.1) is 11.3 Å². The number of benzene rings is 1. The summed E-state index contributed by atoms with van der Waals surface area (Å²) in [4.78, 5) is 23.1. The number of morpholine rings is 1. The third-order valence-corrected chi connectivity index (χ3v) is 11.5. The van der Waals surface area contributed by atoms with Gasteiger partial charge in [-0.3, -0.25) is 14.6 Å². The predicted octanol–water partition coefficient (Wildman–Crippen LogP) is 3.67. The zero-order valence-electron chi connectivity index (χ0n) is 22.2. The molecule has 5 rings (SSSR count). The summed E-state index contributed by atoms with van der Waals surface area (Å²) in [5.41, 5.74) is 0.620. The number of rotatable bonds is 10. The van der Waals surface area contributed by atoms with E-state index in [9.17, 15) is 13.2 Å². The SMILES string of the molecule is COc1ccc(OC)c2sc(N(CCCN3CCOCC3)C(=O)C3CCCCN3S(=O)(=O)c3cccs3)nc12. The van der Waals surface area contributed by atoms with Crippen molar-refractivity contribution >= 4 is 54.0 Å².